The van der Waals surface area contributed by atoms with Crippen molar-refractivity contribution in [2.75, 3.05) is 0 Å². The number of nitrogens with zero attached hydrogens (tertiary/aromatic N) is 3. The van der Waals surface area contributed by atoms with E-state index in [1.54, 1.807) is 18.3 Å². The Morgan fingerprint density at radius 1 is 1.10 bits per heavy atom. The van der Waals surface area contributed by atoms with Crippen LogP contribution in [0.25, 0.3) is 22.8 Å². The molecule has 20 heavy (non-hydrogen) atoms. The van der Waals surface area contributed by atoms with Crippen molar-refractivity contribution in [3.05, 3.63) is 52.8 Å². The predicted octanol–water partition coefficient (Wildman–Crippen LogP) is 4.07. The summed E-state index contributed by atoms with van der Waals surface area (Å²) >= 11 is 5.86. The van der Waals surface area contributed by atoms with Crippen molar-refractivity contribution in [2.45, 2.75) is 13.8 Å². The second kappa shape index (κ2) is 5.06. The highest BCUT2D eigenvalue weighted by Gasteiger charge is 2.13. The van der Waals surface area contributed by atoms with Crippen LogP contribution in [0.2, 0.25) is 5.15 Å². The maximum absolute atomic E-state index is 5.86. The van der Waals surface area contributed by atoms with Crippen LogP contribution in [0.15, 0.2) is 41.1 Å². The lowest BCUT2D eigenvalue weighted by Crippen LogP contribution is -1.87. The third-order valence-electron chi connectivity index (χ3n) is 3.03. The van der Waals surface area contributed by atoms with Gasteiger partial charge in [-0.3, -0.25) is 0 Å². The second-order valence-corrected chi connectivity index (χ2v) is 5.00. The number of benzene rings is 1. The first-order valence-electron chi connectivity index (χ1n) is 6.17. The molecule has 2 heterocycles. The van der Waals surface area contributed by atoms with Crippen molar-refractivity contribution in [3.8, 4) is 22.8 Å². The molecule has 0 radical (unpaired) electrons. The maximum atomic E-state index is 5.86. The Morgan fingerprint density at radius 2 is 1.95 bits per heavy atom. The van der Waals surface area contributed by atoms with Crippen LogP contribution in [-0.4, -0.2) is 15.1 Å². The largest absolute Gasteiger partial charge is 0.334 e. The van der Waals surface area contributed by atoms with Crippen molar-refractivity contribution in [1.82, 2.24) is 15.1 Å². The van der Waals surface area contributed by atoms with Gasteiger partial charge in [-0.15, -0.1) is 0 Å². The Morgan fingerprint density at radius 3 is 2.75 bits per heavy atom. The molecule has 100 valence electrons. The van der Waals surface area contributed by atoms with Crippen LogP contribution in [0, 0.1) is 13.8 Å². The van der Waals surface area contributed by atoms with E-state index in [-0.39, 0.29) is 0 Å². The van der Waals surface area contributed by atoms with Crippen molar-refractivity contribution in [3.63, 3.8) is 0 Å². The van der Waals surface area contributed by atoms with E-state index >= 15 is 0 Å². The molecular formula is C15H12ClN3O. The fraction of sp³-hybridized carbons (Fsp3) is 0.133. The monoisotopic (exact) mass is 285 g/mol. The molecule has 2 aromatic heterocycles. The first-order valence-corrected chi connectivity index (χ1v) is 6.54. The standard InChI is InChI=1S/C15H12ClN3O/c1-9-3-4-10(2)12(7-9)14-18-15(20-19-14)11-5-6-17-13(16)8-11/h3-8H,1-2H3. The lowest BCUT2D eigenvalue weighted by atomic mass is 10.1. The molecule has 5 heteroatoms. The average molecular weight is 286 g/mol. The van der Waals surface area contributed by atoms with Gasteiger partial charge in [-0.05, 0) is 37.6 Å². The second-order valence-electron chi connectivity index (χ2n) is 4.61. The zero-order valence-corrected chi connectivity index (χ0v) is 11.8. The van der Waals surface area contributed by atoms with Gasteiger partial charge in [0.15, 0.2) is 0 Å². The van der Waals surface area contributed by atoms with Gasteiger partial charge >= 0.3 is 0 Å². The summed E-state index contributed by atoms with van der Waals surface area (Å²) in [5.41, 5.74) is 3.99. The van der Waals surface area contributed by atoms with Gasteiger partial charge in [0.1, 0.15) is 5.15 Å². The molecule has 0 fully saturated rings. The zero-order valence-electron chi connectivity index (χ0n) is 11.1. The fourth-order valence-electron chi connectivity index (χ4n) is 1.96. The van der Waals surface area contributed by atoms with Gasteiger partial charge in [-0.1, -0.05) is 34.5 Å². The molecule has 0 atom stereocenters. The summed E-state index contributed by atoms with van der Waals surface area (Å²) in [7, 11) is 0. The van der Waals surface area contributed by atoms with E-state index in [1.807, 2.05) is 26.0 Å². The number of pyridine rings is 1. The highest BCUT2D eigenvalue weighted by atomic mass is 35.5. The van der Waals surface area contributed by atoms with E-state index in [9.17, 15) is 0 Å². The van der Waals surface area contributed by atoms with Gasteiger partial charge < -0.3 is 4.52 Å². The zero-order chi connectivity index (χ0) is 14.1. The van der Waals surface area contributed by atoms with Crippen molar-refractivity contribution >= 4 is 11.6 Å². The Kier molecular flexibility index (Phi) is 3.24. The van der Waals surface area contributed by atoms with Gasteiger partial charge in [0.05, 0.1) is 0 Å². The molecule has 0 aliphatic rings. The van der Waals surface area contributed by atoms with Crippen molar-refractivity contribution in [1.29, 1.82) is 0 Å². The minimum atomic E-state index is 0.397. The lowest BCUT2D eigenvalue weighted by molar-refractivity contribution is 0.432. The quantitative estimate of drug-likeness (QED) is 0.666. The molecule has 0 N–H and O–H groups in total. The molecule has 0 unspecified atom stereocenters. The molecule has 4 nitrogen and oxygen atoms in total. The van der Waals surface area contributed by atoms with Crippen LogP contribution in [0.5, 0.6) is 0 Å². The first kappa shape index (κ1) is 12.8. The average Bonchev–Trinajstić information content (AvgIpc) is 2.91. The molecule has 0 aliphatic heterocycles. The molecule has 0 bridgehead atoms. The highest BCUT2D eigenvalue weighted by molar-refractivity contribution is 6.29. The van der Waals surface area contributed by atoms with E-state index in [4.69, 9.17) is 16.1 Å². The van der Waals surface area contributed by atoms with Gasteiger partial charge in [0, 0.05) is 17.3 Å². The molecular weight excluding hydrogens is 274 g/mol. The number of aromatic nitrogens is 3. The van der Waals surface area contributed by atoms with Crippen LogP contribution in [0.4, 0.5) is 0 Å². The van der Waals surface area contributed by atoms with Crippen molar-refractivity contribution in [2.24, 2.45) is 0 Å². The maximum Gasteiger partial charge on any atom is 0.258 e. The van der Waals surface area contributed by atoms with Crippen LogP contribution >= 0.6 is 11.6 Å². The fourth-order valence-corrected chi connectivity index (χ4v) is 2.14. The van der Waals surface area contributed by atoms with Crippen LogP contribution in [-0.2, 0) is 0 Å². The van der Waals surface area contributed by atoms with E-state index in [0.717, 1.165) is 22.3 Å². The Balaban J connectivity index is 2.04. The third-order valence-corrected chi connectivity index (χ3v) is 3.24. The Bertz CT molecular complexity index is 767. The molecule has 1 aromatic carbocycles. The minimum Gasteiger partial charge on any atom is -0.334 e. The summed E-state index contributed by atoms with van der Waals surface area (Å²) < 4.78 is 5.31. The summed E-state index contributed by atoms with van der Waals surface area (Å²) in [6.07, 6.45) is 1.61. The Hall–Kier alpha value is -2.20. The van der Waals surface area contributed by atoms with Gasteiger partial charge in [-0.2, -0.15) is 4.98 Å². The number of hydrogen-bond acceptors (Lipinski definition) is 4. The molecule has 3 rings (SSSR count). The summed E-state index contributed by atoms with van der Waals surface area (Å²) in [5.74, 6) is 1.01. The van der Waals surface area contributed by atoms with E-state index in [0.29, 0.717) is 16.9 Å². The molecule has 0 saturated carbocycles. The summed E-state index contributed by atoms with van der Waals surface area (Å²) in [6.45, 7) is 4.06. The van der Waals surface area contributed by atoms with Crippen LogP contribution < -0.4 is 0 Å². The van der Waals surface area contributed by atoms with Gasteiger partial charge in [-0.25, -0.2) is 4.98 Å². The van der Waals surface area contributed by atoms with E-state index in [1.165, 1.54) is 0 Å². The number of aryl methyl sites for hydroxylation is 2. The minimum absolute atomic E-state index is 0.397. The molecule has 0 saturated heterocycles. The van der Waals surface area contributed by atoms with Crippen LogP contribution in [0.1, 0.15) is 11.1 Å². The van der Waals surface area contributed by atoms with Gasteiger partial charge in [0.25, 0.3) is 5.89 Å². The summed E-state index contributed by atoms with van der Waals surface area (Å²) in [5, 5.41) is 4.44. The predicted molar refractivity (Wildman–Crippen MR) is 77.4 cm³/mol. The third kappa shape index (κ3) is 2.42. The normalized spacial score (nSPS) is 10.8. The van der Waals surface area contributed by atoms with Crippen LogP contribution in [0.3, 0.4) is 0 Å². The SMILES string of the molecule is Cc1ccc(C)c(-c2noc(-c3ccnc(Cl)c3)n2)c1. The topological polar surface area (TPSA) is 51.8 Å². The lowest BCUT2D eigenvalue weighted by Gasteiger charge is -2.01. The molecule has 0 amide bonds. The summed E-state index contributed by atoms with van der Waals surface area (Å²) in [4.78, 5) is 8.36. The number of rotatable bonds is 2. The van der Waals surface area contributed by atoms with Crippen molar-refractivity contribution < 1.29 is 4.52 Å². The van der Waals surface area contributed by atoms with E-state index in [2.05, 4.69) is 21.2 Å². The van der Waals surface area contributed by atoms with Gasteiger partial charge in [0.2, 0.25) is 5.82 Å². The number of halogens is 1. The molecule has 3 aromatic rings. The smallest absolute Gasteiger partial charge is 0.258 e. The molecule has 0 aliphatic carbocycles. The molecule has 0 spiro atoms. The first-order chi connectivity index (χ1) is 9.63. The summed E-state index contributed by atoms with van der Waals surface area (Å²) in [6, 6.07) is 9.63. The highest BCUT2D eigenvalue weighted by Crippen LogP contribution is 2.25. The number of hydrogen-bond donors (Lipinski definition) is 0. The van der Waals surface area contributed by atoms with E-state index < -0.39 is 0 Å². The Labute approximate surface area is 121 Å².